The number of anilines is 1. The summed E-state index contributed by atoms with van der Waals surface area (Å²) in [5.41, 5.74) is 3.97. The smallest absolute Gasteiger partial charge is 0.255 e. The van der Waals surface area contributed by atoms with Crippen molar-refractivity contribution in [3.05, 3.63) is 78.4 Å². The molecule has 0 radical (unpaired) electrons. The molecule has 124 valence electrons. The van der Waals surface area contributed by atoms with Gasteiger partial charge in [0.05, 0.1) is 11.0 Å². The largest absolute Gasteiger partial charge is 0.322 e. The van der Waals surface area contributed by atoms with Crippen molar-refractivity contribution in [1.29, 1.82) is 0 Å². The predicted molar refractivity (Wildman–Crippen MR) is 107 cm³/mol. The van der Waals surface area contributed by atoms with Gasteiger partial charge in [-0.2, -0.15) is 0 Å². The zero-order chi connectivity index (χ0) is 17.5. The number of para-hydroxylation sites is 3. The van der Waals surface area contributed by atoms with Crippen LogP contribution in [0, 0.1) is 0 Å². The number of amides is 1. The number of thiophene rings is 1. The lowest BCUT2D eigenvalue weighted by Gasteiger charge is -2.05. The molecule has 0 fully saturated rings. The number of carbonyl (C=O) groups is 1. The van der Waals surface area contributed by atoms with Crippen molar-refractivity contribution in [2.24, 2.45) is 0 Å². The fraction of sp³-hybridized carbons (Fsp3) is 0. The first-order valence-corrected chi connectivity index (χ1v) is 9.05. The van der Waals surface area contributed by atoms with Gasteiger partial charge >= 0.3 is 0 Å². The third-order valence-electron chi connectivity index (χ3n) is 4.27. The molecule has 0 spiro atoms. The summed E-state index contributed by atoms with van der Waals surface area (Å²) in [4.78, 5) is 23.0. The summed E-state index contributed by atoms with van der Waals surface area (Å²) in [6.45, 7) is 0. The molecule has 0 saturated heterocycles. The number of hydrogen-bond acceptors (Lipinski definition) is 4. The molecule has 1 amide bonds. The zero-order valence-electron chi connectivity index (χ0n) is 13.6. The molecule has 5 aromatic rings. The third kappa shape index (κ3) is 2.50. The molecule has 5 rings (SSSR count). The first kappa shape index (κ1) is 15.0. The van der Waals surface area contributed by atoms with E-state index in [0.717, 1.165) is 37.2 Å². The molecule has 26 heavy (non-hydrogen) atoms. The van der Waals surface area contributed by atoms with Crippen molar-refractivity contribution in [2.75, 3.05) is 5.32 Å². The van der Waals surface area contributed by atoms with E-state index in [1.54, 1.807) is 11.3 Å². The molecule has 2 aromatic heterocycles. The molecule has 3 aromatic carbocycles. The Bertz CT molecular complexity index is 1280. The van der Waals surface area contributed by atoms with Crippen LogP contribution in [0.4, 0.5) is 5.69 Å². The Morgan fingerprint density at radius 2 is 1.58 bits per heavy atom. The van der Waals surface area contributed by atoms with E-state index in [0.29, 0.717) is 5.56 Å². The Hall–Kier alpha value is -3.31. The van der Waals surface area contributed by atoms with Gasteiger partial charge in [-0.15, -0.1) is 11.3 Å². The molecule has 2 heterocycles. The van der Waals surface area contributed by atoms with E-state index in [2.05, 4.69) is 5.32 Å². The lowest BCUT2D eigenvalue weighted by atomic mass is 10.1. The van der Waals surface area contributed by atoms with Gasteiger partial charge in [0.15, 0.2) is 0 Å². The van der Waals surface area contributed by atoms with E-state index >= 15 is 0 Å². The van der Waals surface area contributed by atoms with Gasteiger partial charge < -0.3 is 5.32 Å². The van der Waals surface area contributed by atoms with Crippen LogP contribution in [-0.4, -0.2) is 15.9 Å². The molecular weight excluding hydrogens is 342 g/mol. The number of carbonyl (C=O) groups excluding carboxylic acids is 1. The zero-order valence-corrected chi connectivity index (χ0v) is 14.5. The second-order valence-corrected chi connectivity index (χ2v) is 7.03. The van der Waals surface area contributed by atoms with Gasteiger partial charge in [-0.25, -0.2) is 9.97 Å². The molecule has 0 atom stereocenters. The molecule has 0 bridgehead atoms. The number of aromatic nitrogens is 2. The van der Waals surface area contributed by atoms with Crippen molar-refractivity contribution in [3.8, 4) is 0 Å². The maximum absolute atomic E-state index is 12.6. The number of nitrogens with zero attached hydrogens (tertiary/aromatic N) is 2. The van der Waals surface area contributed by atoms with E-state index < -0.39 is 0 Å². The average molecular weight is 355 g/mol. The molecular formula is C21H13N3OS. The third-order valence-corrected chi connectivity index (χ3v) is 5.33. The highest BCUT2D eigenvalue weighted by Crippen LogP contribution is 2.33. The summed E-state index contributed by atoms with van der Waals surface area (Å²) in [7, 11) is 0. The van der Waals surface area contributed by atoms with Gasteiger partial charge in [-0.1, -0.05) is 30.3 Å². The van der Waals surface area contributed by atoms with Crippen LogP contribution in [-0.2, 0) is 0 Å². The van der Waals surface area contributed by atoms with Crippen LogP contribution in [0.3, 0.4) is 0 Å². The SMILES string of the molecule is O=C(Nc1ccccc1)c1ccc2sc3nc4ccccc4nc3c2c1. The van der Waals surface area contributed by atoms with Gasteiger partial charge in [-0.3, -0.25) is 4.79 Å². The fourth-order valence-corrected chi connectivity index (χ4v) is 4.01. The summed E-state index contributed by atoms with van der Waals surface area (Å²) in [6, 6.07) is 23.0. The Kier molecular flexibility index (Phi) is 3.40. The summed E-state index contributed by atoms with van der Waals surface area (Å²) < 4.78 is 1.08. The molecule has 0 aliphatic rings. The maximum atomic E-state index is 12.6. The average Bonchev–Trinajstić information content (AvgIpc) is 3.03. The lowest BCUT2D eigenvalue weighted by Crippen LogP contribution is -2.11. The van der Waals surface area contributed by atoms with E-state index in [4.69, 9.17) is 9.97 Å². The van der Waals surface area contributed by atoms with Crippen LogP contribution in [0.1, 0.15) is 10.4 Å². The highest BCUT2D eigenvalue weighted by atomic mass is 32.1. The Morgan fingerprint density at radius 3 is 2.38 bits per heavy atom. The van der Waals surface area contributed by atoms with Gasteiger partial charge in [0, 0.05) is 21.3 Å². The van der Waals surface area contributed by atoms with E-state index in [-0.39, 0.29) is 5.91 Å². The summed E-state index contributed by atoms with van der Waals surface area (Å²) in [5.74, 6) is -0.133. The van der Waals surface area contributed by atoms with E-state index in [1.807, 2.05) is 72.8 Å². The number of benzene rings is 3. The van der Waals surface area contributed by atoms with E-state index in [9.17, 15) is 4.79 Å². The number of nitrogens with one attached hydrogen (secondary N) is 1. The minimum Gasteiger partial charge on any atom is -0.322 e. The number of hydrogen-bond donors (Lipinski definition) is 1. The Morgan fingerprint density at radius 1 is 0.846 bits per heavy atom. The highest BCUT2D eigenvalue weighted by molar-refractivity contribution is 7.25. The fourth-order valence-electron chi connectivity index (χ4n) is 3.00. The first-order chi connectivity index (χ1) is 12.8. The summed E-state index contributed by atoms with van der Waals surface area (Å²) in [5, 5.41) is 3.88. The summed E-state index contributed by atoms with van der Waals surface area (Å²) in [6.07, 6.45) is 0. The quantitative estimate of drug-likeness (QED) is 0.470. The van der Waals surface area contributed by atoms with E-state index in [1.165, 1.54) is 0 Å². The molecule has 0 saturated carbocycles. The standard InChI is InChI=1S/C21H13N3OS/c25-20(22-14-6-2-1-3-7-14)13-10-11-18-15(12-13)19-21(26-18)24-17-9-5-4-8-16(17)23-19/h1-12H,(H,22,25). The van der Waals surface area contributed by atoms with Crippen LogP contribution in [0.5, 0.6) is 0 Å². The second-order valence-electron chi connectivity index (χ2n) is 6.00. The molecule has 5 heteroatoms. The van der Waals surface area contributed by atoms with Gasteiger partial charge in [-0.05, 0) is 42.5 Å². The predicted octanol–water partition coefficient (Wildman–Crippen LogP) is 5.25. The molecule has 0 aliphatic carbocycles. The van der Waals surface area contributed by atoms with Gasteiger partial charge in [0.1, 0.15) is 10.3 Å². The number of fused-ring (bicyclic) bond motifs is 4. The van der Waals surface area contributed by atoms with Crippen molar-refractivity contribution < 1.29 is 4.79 Å². The van der Waals surface area contributed by atoms with Crippen molar-refractivity contribution in [1.82, 2.24) is 9.97 Å². The Balaban J connectivity index is 1.62. The molecule has 1 N–H and O–H groups in total. The minimum atomic E-state index is -0.133. The van der Waals surface area contributed by atoms with Crippen molar-refractivity contribution in [2.45, 2.75) is 0 Å². The lowest BCUT2D eigenvalue weighted by molar-refractivity contribution is 0.102. The topological polar surface area (TPSA) is 54.9 Å². The normalized spacial score (nSPS) is 11.2. The van der Waals surface area contributed by atoms with Crippen LogP contribution >= 0.6 is 11.3 Å². The van der Waals surface area contributed by atoms with Gasteiger partial charge in [0.25, 0.3) is 5.91 Å². The first-order valence-electron chi connectivity index (χ1n) is 8.23. The monoisotopic (exact) mass is 355 g/mol. The van der Waals surface area contributed by atoms with Crippen LogP contribution in [0.25, 0.3) is 31.5 Å². The second kappa shape index (κ2) is 5.89. The maximum Gasteiger partial charge on any atom is 0.255 e. The van der Waals surface area contributed by atoms with Crippen molar-refractivity contribution >= 4 is 54.4 Å². The molecule has 0 aliphatic heterocycles. The summed E-state index contributed by atoms with van der Waals surface area (Å²) >= 11 is 1.60. The highest BCUT2D eigenvalue weighted by Gasteiger charge is 2.13. The molecule has 4 nitrogen and oxygen atoms in total. The van der Waals surface area contributed by atoms with Gasteiger partial charge in [0.2, 0.25) is 0 Å². The van der Waals surface area contributed by atoms with Crippen LogP contribution in [0.15, 0.2) is 72.8 Å². The van der Waals surface area contributed by atoms with Crippen LogP contribution < -0.4 is 5.32 Å². The van der Waals surface area contributed by atoms with Crippen LogP contribution in [0.2, 0.25) is 0 Å². The minimum absolute atomic E-state index is 0.133. The molecule has 0 unspecified atom stereocenters. The van der Waals surface area contributed by atoms with Crippen molar-refractivity contribution in [3.63, 3.8) is 0 Å². The Labute approximate surface area is 153 Å². The number of rotatable bonds is 2.